The average Bonchev–Trinajstić information content (AvgIpc) is 2.25. The van der Waals surface area contributed by atoms with Crippen LogP contribution >= 0.6 is 12.4 Å². The Morgan fingerprint density at radius 3 is 2.62 bits per heavy atom. The van der Waals surface area contributed by atoms with Crippen LogP contribution in [0.4, 0.5) is 0 Å². The molecule has 0 spiro atoms. The molecular weight excluding hydrogens is 226 g/mol. The highest BCUT2D eigenvalue weighted by molar-refractivity contribution is 5.89. The van der Waals surface area contributed by atoms with Gasteiger partial charge in [-0.05, 0) is 37.0 Å². The first kappa shape index (κ1) is 13.0. The molecule has 4 heteroatoms. The van der Waals surface area contributed by atoms with E-state index in [-0.39, 0.29) is 23.9 Å². The molecule has 1 saturated carbocycles. The number of carbonyl (C=O) groups excluding carboxylic acids is 1. The molecule has 2 N–H and O–H groups in total. The molecule has 0 aliphatic heterocycles. The van der Waals surface area contributed by atoms with Crippen molar-refractivity contribution in [1.29, 1.82) is 0 Å². The molecule has 0 radical (unpaired) electrons. The molecule has 2 rings (SSSR count). The minimum Gasteiger partial charge on any atom is -0.465 e. The summed E-state index contributed by atoms with van der Waals surface area (Å²) in [5.41, 5.74) is 7.58. The van der Waals surface area contributed by atoms with Gasteiger partial charge < -0.3 is 10.5 Å². The van der Waals surface area contributed by atoms with Gasteiger partial charge in [-0.1, -0.05) is 12.1 Å². The van der Waals surface area contributed by atoms with E-state index in [2.05, 4.69) is 4.74 Å². The second-order valence-electron chi connectivity index (χ2n) is 4.08. The summed E-state index contributed by atoms with van der Waals surface area (Å²) in [6.45, 7) is 0. The number of methoxy groups -OCH3 is 1. The third kappa shape index (κ3) is 2.20. The van der Waals surface area contributed by atoms with Crippen LogP contribution in [0.5, 0.6) is 0 Å². The second-order valence-corrected chi connectivity index (χ2v) is 4.08. The molecule has 0 unspecified atom stereocenters. The predicted octanol–water partition coefficient (Wildman–Crippen LogP) is 2.23. The Hall–Kier alpha value is -1.06. The molecule has 0 bridgehead atoms. The van der Waals surface area contributed by atoms with Gasteiger partial charge in [0.25, 0.3) is 0 Å². The van der Waals surface area contributed by atoms with Crippen molar-refractivity contribution in [2.24, 2.45) is 5.73 Å². The lowest BCUT2D eigenvalue weighted by Crippen LogP contribution is -2.43. The highest BCUT2D eigenvalue weighted by atomic mass is 35.5. The maximum absolute atomic E-state index is 11.3. The number of hydrogen-bond acceptors (Lipinski definition) is 3. The summed E-state index contributed by atoms with van der Waals surface area (Å²) in [5.74, 6) is -0.306. The van der Waals surface area contributed by atoms with E-state index in [0.717, 1.165) is 18.4 Å². The maximum atomic E-state index is 11.3. The van der Waals surface area contributed by atoms with Crippen LogP contribution in [0.2, 0.25) is 0 Å². The van der Waals surface area contributed by atoms with Crippen LogP contribution in [-0.2, 0) is 10.3 Å². The zero-order valence-electron chi connectivity index (χ0n) is 9.23. The highest BCUT2D eigenvalue weighted by Crippen LogP contribution is 2.38. The third-order valence-corrected chi connectivity index (χ3v) is 3.10. The summed E-state index contributed by atoms with van der Waals surface area (Å²) in [5, 5.41) is 0. The molecule has 3 nitrogen and oxygen atoms in total. The summed E-state index contributed by atoms with van der Waals surface area (Å²) in [6.07, 6.45) is 3.16. The largest absolute Gasteiger partial charge is 0.465 e. The Morgan fingerprint density at radius 2 is 2.12 bits per heavy atom. The molecule has 0 aromatic heterocycles. The fraction of sp³-hybridized carbons (Fsp3) is 0.417. The first-order valence-electron chi connectivity index (χ1n) is 5.13. The standard InChI is InChI=1S/C12H15NO2.ClH/c1-15-11(14)9-4-2-5-10(8-9)12(13)6-3-7-12;/h2,4-5,8H,3,6-7,13H2,1H3;1H. The van der Waals surface area contributed by atoms with Crippen LogP contribution in [-0.4, -0.2) is 13.1 Å². The van der Waals surface area contributed by atoms with E-state index in [1.807, 2.05) is 18.2 Å². The van der Waals surface area contributed by atoms with Crippen LogP contribution in [0.25, 0.3) is 0 Å². The van der Waals surface area contributed by atoms with Crippen molar-refractivity contribution >= 4 is 18.4 Å². The molecule has 1 aliphatic carbocycles. The quantitative estimate of drug-likeness (QED) is 0.808. The van der Waals surface area contributed by atoms with Crippen LogP contribution < -0.4 is 5.73 Å². The fourth-order valence-electron chi connectivity index (χ4n) is 1.92. The summed E-state index contributed by atoms with van der Waals surface area (Å²) in [4.78, 5) is 11.3. The molecule has 0 heterocycles. The van der Waals surface area contributed by atoms with Crippen molar-refractivity contribution < 1.29 is 9.53 Å². The SMILES string of the molecule is COC(=O)c1cccc(C2(N)CCC2)c1.Cl. The molecule has 1 aromatic carbocycles. The van der Waals surface area contributed by atoms with E-state index in [4.69, 9.17) is 5.73 Å². The smallest absolute Gasteiger partial charge is 0.337 e. The number of halogens is 1. The number of rotatable bonds is 2. The number of ether oxygens (including phenoxy) is 1. The van der Waals surface area contributed by atoms with Crippen LogP contribution in [0.15, 0.2) is 24.3 Å². The summed E-state index contributed by atoms with van der Waals surface area (Å²) < 4.78 is 4.68. The molecule has 16 heavy (non-hydrogen) atoms. The molecule has 1 aromatic rings. The van der Waals surface area contributed by atoms with E-state index >= 15 is 0 Å². The zero-order chi connectivity index (χ0) is 10.9. The summed E-state index contributed by atoms with van der Waals surface area (Å²) in [7, 11) is 1.39. The van der Waals surface area contributed by atoms with Crippen molar-refractivity contribution in [3.8, 4) is 0 Å². The monoisotopic (exact) mass is 241 g/mol. The number of carbonyl (C=O) groups is 1. The molecule has 88 valence electrons. The van der Waals surface area contributed by atoms with Gasteiger partial charge in [-0.15, -0.1) is 12.4 Å². The van der Waals surface area contributed by atoms with E-state index in [1.165, 1.54) is 13.5 Å². The maximum Gasteiger partial charge on any atom is 0.337 e. The minimum atomic E-state index is -0.306. The van der Waals surface area contributed by atoms with E-state index < -0.39 is 0 Å². The number of nitrogens with two attached hydrogens (primary N) is 1. The second kappa shape index (κ2) is 4.85. The summed E-state index contributed by atoms with van der Waals surface area (Å²) in [6, 6.07) is 7.42. The van der Waals surface area contributed by atoms with Crippen molar-refractivity contribution in [3.05, 3.63) is 35.4 Å². The van der Waals surface area contributed by atoms with E-state index in [1.54, 1.807) is 6.07 Å². The van der Waals surface area contributed by atoms with Gasteiger partial charge >= 0.3 is 5.97 Å². The third-order valence-electron chi connectivity index (χ3n) is 3.10. The Labute approximate surface area is 101 Å². The Morgan fingerprint density at radius 1 is 1.44 bits per heavy atom. The van der Waals surface area contributed by atoms with Gasteiger partial charge in [0, 0.05) is 5.54 Å². The molecule has 0 saturated heterocycles. The predicted molar refractivity (Wildman–Crippen MR) is 64.7 cm³/mol. The van der Waals surface area contributed by atoms with Gasteiger partial charge in [0.15, 0.2) is 0 Å². The Kier molecular flexibility index (Phi) is 3.94. The molecule has 1 fully saturated rings. The Bertz CT molecular complexity index is 388. The normalized spacial score (nSPS) is 16.9. The first-order valence-corrected chi connectivity index (χ1v) is 5.13. The molecule has 0 amide bonds. The van der Waals surface area contributed by atoms with Gasteiger partial charge in [0.2, 0.25) is 0 Å². The van der Waals surface area contributed by atoms with E-state index in [9.17, 15) is 4.79 Å². The molecular formula is C12H16ClNO2. The lowest BCUT2D eigenvalue weighted by atomic mass is 9.72. The van der Waals surface area contributed by atoms with Crippen molar-refractivity contribution in [1.82, 2.24) is 0 Å². The van der Waals surface area contributed by atoms with Crippen LogP contribution in [0, 0.1) is 0 Å². The lowest BCUT2D eigenvalue weighted by Gasteiger charge is -2.38. The zero-order valence-corrected chi connectivity index (χ0v) is 10.0. The highest BCUT2D eigenvalue weighted by Gasteiger charge is 2.34. The van der Waals surface area contributed by atoms with Crippen LogP contribution in [0.3, 0.4) is 0 Å². The average molecular weight is 242 g/mol. The van der Waals surface area contributed by atoms with Crippen molar-refractivity contribution in [2.45, 2.75) is 24.8 Å². The number of hydrogen-bond donors (Lipinski definition) is 1. The van der Waals surface area contributed by atoms with Gasteiger partial charge in [0.1, 0.15) is 0 Å². The molecule has 0 atom stereocenters. The van der Waals surface area contributed by atoms with Gasteiger partial charge in [-0.25, -0.2) is 4.79 Å². The lowest BCUT2D eigenvalue weighted by molar-refractivity contribution is 0.0600. The topological polar surface area (TPSA) is 52.3 Å². The fourth-order valence-corrected chi connectivity index (χ4v) is 1.92. The van der Waals surface area contributed by atoms with Gasteiger partial charge in [-0.2, -0.15) is 0 Å². The van der Waals surface area contributed by atoms with Crippen molar-refractivity contribution in [2.75, 3.05) is 7.11 Å². The Balaban J connectivity index is 0.00000128. The summed E-state index contributed by atoms with van der Waals surface area (Å²) >= 11 is 0. The molecule has 1 aliphatic rings. The van der Waals surface area contributed by atoms with Crippen LogP contribution in [0.1, 0.15) is 35.2 Å². The minimum absolute atomic E-state index is 0. The van der Waals surface area contributed by atoms with Gasteiger partial charge in [0.05, 0.1) is 12.7 Å². The number of benzene rings is 1. The van der Waals surface area contributed by atoms with E-state index in [0.29, 0.717) is 5.56 Å². The number of esters is 1. The van der Waals surface area contributed by atoms with Crippen molar-refractivity contribution in [3.63, 3.8) is 0 Å². The van der Waals surface area contributed by atoms with Gasteiger partial charge in [-0.3, -0.25) is 0 Å². The first-order chi connectivity index (χ1) is 7.15.